The quantitative estimate of drug-likeness (QED) is 0.885. The van der Waals surface area contributed by atoms with E-state index in [1.165, 1.54) is 4.31 Å². The zero-order valence-electron chi connectivity index (χ0n) is 12.6. The highest BCUT2D eigenvalue weighted by atomic mass is 32.2. The summed E-state index contributed by atoms with van der Waals surface area (Å²) < 4.78 is 39.6. The van der Waals surface area contributed by atoms with Crippen molar-refractivity contribution in [2.75, 3.05) is 20.2 Å². The number of hydrogen-bond acceptors (Lipinski definition) is 4. The van der Waals surface area contributed by atoms with Crippen molar-refractivity contribution in [1.82, 2.24) is 9.03 Å². The van der Waals surface area contributed by atoms with Crippen molar-refractivity contribution in [3.05, 3.63) is 29.8 Å². The van der Waals surface area contributed by atoms with Crippen molar-refractivity contribution in [2.45, 2.75) is 32.6 Å². The van der Waals surface area contributed by atoms with Crippen LogP contribution in [0.3, 0.4) is 0 Å². The largest absolute Gasteiger partial charge is 0.496 e. The molecule has 2 rings (SSSR count). The first-order chi connectivity index (χ1) is 9.92. The molecule has 2 atom stereocenters. The van der Waals surface area contributed by atoms with E-state index in [9.17, 15) is 8.42 Å². The standard InChI is InChI=1S/C14H22N2O4S/c1-11-9-16(10-12(2)20-11)21(17,18)15-8-13-6-4-5-7-14(13)19-3/h4-7,11-12,15H,8-10H2,1-3H3/t11-,12-/m1/s1. The van der Waals surface area contributed by atoms with E-state index in [1.807, 2.05) is 38.1 Å². The smallest absolute Gasteiger partial charge is 0.279 e. The number of nitrogens with zero attached hydrogens (tertiary/aromatic N) is 1. The maximum Gasteiger partial charge on any atom is 0.279 e. The second-order valence-corrected chi connectivity index (χ2v) is 6.97. The minimum Gasteiger partial charge on any atom is -0.496 e. The summed E-state index contributed by atoms with van der Waals surface area (Å²) in [6.45, 7) is 4.68. The lowest BCUT2D eigenvalue weighted by atomic mass is 10.2. The van der Waals surface area contributed by atoms with Gasteiger partial charge in [0.1, 0.15) is 5.75 Å². The molecule has 1 N–H and O–H groups in total. The number of benzene rings is 1. The van der Waals surface area contributed by atoms with Crippen molar-refractivity contribution in [3.63, 3.8) is 0 Å². The fourth-order valence-corrected chi connectivity index (χ4v) is 3.77. The minimum absolute atomic E-state index is 0.100. The molecule has 0 aliphatic carbocycles. The van der Waals surface area contributed by atoms with Crippen LogP contribution in [0, 0.1) is 0 Å². The second kappa shape index (κ2) is 6.74. The molecule has 1 aliphatic heterocycles. The molecule has 1 aromatic rings. The van der Waals surface area contributed by atoms with Gasteiger partial charge in [0, 0.05) is 25.2 Å². The number of nitrogens with one attached hydrogen (secondary N) is 1. The van der Waals surface area contributed by atoms with Gasteiger partial charge in [-0.3, -0.25) is 0 Å². The minimum atomic E-state index is -3.52. The average Bonchev–Trinajstić information content (AvgIpc) is 2.44. The molecule has 21 heavy (non-hydrogen) atoms. The zero-order chi connectivity index (χ0) is 15.5. The predicted octanol–water partition coefficient (Wildman–Crippen LogP) is 1.14. The van der Waals surface area contributed by atoms with Crippen LogP contribution < -0.4 is 9.46 Å². The van der Waals surface area contributed by atoms with E-state index in [2.05, 4.69) is 4.72 Å². The van der Waals surface area contributed by atoms with Gasteiger partial charge in [-0.15, -0.1) is 0 Å². The average molecular weight is 314 g/mol. The van der Waals surface area contributed by atoms with Gasteiger partial charge in [-0.05, 0) is 19.9 Å². The van der Waals surface area contributed by atoms with E-state index in [0.29, 0.717) is 18.8 Å². The fraction of sp³-hybridized carbons (Fsp3) is 0.571. The van der Waals surface area contributed by atoms with Crippen LogP contribution in [0.1, 0.15) is 19.4 Å². The highest BCUT2D eigenvalue weighted by Crippen LogP contribution is 2.18. The molecule has 0 amide bonds. The Morgan fingerprint density at radius 3 is 2.52 bits per heavy atom. The fourth-order valence-electron chi connectivity index (χ4n) is 2.44. The van der Waals surface area contributed by atoms with Gasteiger partial charge >= 0.3 is 0 Å². The molecule has 1 saturated heterocycles. The van der Waals surface area contributed by atoms with Crippen LogP contribution >= 0.6 is 0 Å². The topological polar surface area (TPSA) is 67.9 Å². The SMILES string of the molecule is COc1ccccc1CNS(=O)(=O)N1C[C@@H](C)O[C@H](C)C1. The van der Waals surface area contributed by atoms with Crippen molar-refractivity contribution in [2.24, 2.45) is 0 Å². The van der Waals surface area contributed by atoms with E-state index >= 15 is 0 Å². The van der Waals surface area contributed by atoms with Crippen molar-refractivity contribution >= 4 is 10.2 Å². The summed E-state index contributed by atoms with van der Waals surface area (Å²) in [6, 6.07) is 7.35. The van der Waals surface area contributed by atoms with E-state index in [-0.39, 0.29) is 18.8 Å². The van der Waals surface area contributed by atoms with Gasteiger partial charge in [0.25, 0.3) is 10.2 Å². The van der Waals surface area contributed by atoms with Crippen LogP contribution in [-0.2, 0) is 21.5 Å². The van der Waals surface area contributed by atoms with Gasteiger partial charge in [-0.25, -0.2) is 0 Å². The van der Waals surface area contributed by atoms with Gasteiger partial charge in [-0.2, -0.15) is 17.4 Å². The first kappa shape index (κ1) is 16.2. The molecule has 0 aromatic heterocycles. The summed E-state index contributed by atoms with van der Waals surface area (Å²) in [5.41, 5.74) is 0.804. The van der Waals surface area contributed by atoms with Gasteiger partial charge < -0.3 is 9.47 Å². The van der Waals surface area contributed by atoms with E-state index in [0.717, 1.165) is 5.56 Å². The van der Waals surface area contributed by atoms with Gasteiger partial charge in [-0.1, -0.05) is 18.2 Å². The lowest BCUT2D eigenvalue weighted by molar-refractivity contribution is -0.0444. The highest BCUT2D eigenvalue weighted by molar-refractivity contribution is 7.87. The Labute approximate surface area is 126 Å². The molecule has 0 saturated carbocycles. The highest BCUT2D eigenvalue weighted by Gasteiger charge is 2.30. The molecule has 1 heterocycles. The van der Waals surface area contributed by atoms with Crippen LogP contribution in [-0.4, -0.2) is 45.1 Å². The maximum absolute atomic E-state index is 12.4. The first-order valence-corrected chi connectivity index (χ1v) is 8.38. The predicted molar refractivity (Wildman–Crippen MR) is 80.3 cm³/mol. The molecule has 118 valence electrons. The molecule has 7 heteroatoms. The summed E-state index contributed by atoms with van der Waals surface area (Å²) in [5.74, 6) is 0.670. The summed E-state index contributed by atoms with van der Waals surface area (Å²) in [6.07, 6.45) is -0.201. The van der Waals surface area contributed by atoms with E-state index < -0.39 is 10.2 Å². The molecule has 0 bridgehead atoms. The third-order valence-corrected chi connectivity index (χ3v) is 4.85. The van der Waals surface area contributed by atoms with E-state index in [1.54, 1.807) is 7.11 Å². The maximum atomic E-state index is 12.4. The van der Waals surface area contributed by atoms with Crippen LogP contribution in [0.5, 0.6) is 5.75 Å². The molecular formula is C14H22N2O4S. The molecular weight excluding hydrogens is 292 g/mol. The Morgan fingerprint density at radius 2 is 1.90 bits per heavy atom. The molecule has 0 spiro atoms. The number of ether oxygens (including phenoxy) is 2. The Kier molecular flexibility index (Phi) is 5.21. The summed E-state index contributed by atoms with van der Waals surface area (Å²) in [5, 5.41) is 0. The zero-order valence-corrected chi connectivity index (χ0v) is 13.4. The second-order valence-electron chi connectivity index (χ2n) is 5.21. The Bertz CT molecular complexity index is 566. The number of hydrogen-bond donors (Lipinski definition) is 1. The number of para-hydroxylation sites is 1. The van der Waals surface area contributed by atoms with Crippen LogP contribution in [0.4, 0.5) is 0 Å². The van der Waals surface area contributed by atoms with Crippen molar-refractivity contribution < 1.29 is 17.9 Å². The van der Waals surface area contributed by atoms with Gasteiger partial charge in [0.2, 0.25) is 0 Å². The molecule has 1 aliphatic rings. The number of rotatable bonds is 5. The summed E-state index contributed by atoms with van der Waals surface area (Å²) in [7, 11) is -1.96. The Hall–Kier alpha value is -1.15. The third kappa shape index (κ3) is 4.16. The lowest BCUT2D eigenvalue weighted by Gasteiger charge is -2.34. The van der Waals surface area contributed by atoms with Crippen LogP contribution in [0.2, 0.25) is 0 Å². The monoisotopic (exact) mass is 314 g/mol. The molecule has 1 aromatic carbocycles. The molecule has 0 radical (unpaired) electrons. The molecule has 6 nitrogen and oxygen atoms in total. The van der Waals surface area contributed by atoms with Gasteiger partial charge in [0.15, 0.2) is 0 Å². The van der Waals surface area contributed by atoms with E-state index in [4.69, 9.17) is 9.47 Å². The number of morpholine rings is 1. The summed E-state index contributed by atoms with van der Waals surface area (Å²) in [4.78, 5) is 0. The summed E-state index contributed by atoms with van der Waals surface area (Å²) >= 11 is 0. The Morgan fingerprint density at radius 1 is 1.29 bits per heavy atom. The van der Waals surface area contributed by atoms with Crippen molar-refractivity contribution in [3.8, 4) is 5.75 Å². The lowest BCUT2D eigenvalue weighted by Crippen LogP contribution is -2.51. The first-order valence-electron chi connectivity index (χ1n) is 6.94. The van der Waals surface area contributed by atoms with Crippen LogP contribution in [0.15, 0.2) is 24.3 Å². The Balaban J connectivity index is 2.04. The molecule has 1 fully saturated rings. The molecule has 0 unspecified atom stereocenters. The number of methoxy groups -OCH3 is 1. The normalized spacial score (nSPS) is 24.0. The third-order valence-electron chi connectivity index (χ3n) is 3.36. The van der Waals surface area contributed by atoms with Crippen LogP contribution in [0.25, 0.3) is 0 Å². The van der Waals surface area contributed by atoms with Gasteiger partial charge in [0.05, 0.1) is 19.3 Å². The van der Waals surface area contributed by atoms with Crippen molar-refractivity contribution in [1.29, 1.82) is 0 Å².